The van der Waals surface area contributed by atoms with Gasteiger partial charge < -0.3 is 9.74 Å². The van der Waals surface area contributed by atoms with Gasteiger partial charge in [-0.2, -0.15) is 5.48 Å². The highest BCUT2D eigenvalue weighted by atomic mass is 19.1. The van der Waals surface area contributed by atoms with Gasteiger partial charge in [-0.25, -0.2) is 4.39 Å². The van der Waals surface area contributed by atoms with Gasteiger partial charge in [0, 0.05) is 19.6 Å². The zero-order chi connectivity index (χ0) is 11.4. The number of halogens is 1. The first-order valence-electron chi connectivity index (χ1n) is 5.60. The van der Waals surface area contributed by atoms with Crippen LogP contribution in [0.2, 0.25) is 0 Å². The molecule has 3 nitrogen and oxygen atoms in total. The molecule has 0 radical (unpaired) electrons. The van der Waals surface area contributed by atoms with Gasteiger partial charge in [0.05, 0.1) is 12.8 Å². The van der Waals surface area contributed by atoms with Crippen molar-refractivity contribution in [3.63, 3.8) is 0 Å². The van der Waals surface area contributed by atoms with E-state index in [1.165, 1.54) is 0 Å². The highest BCUT2D eigenvalue weighted by Crippen LogP contribution is 2.24. The molecule has 1 N–H and O–H groups in total. The van der Waals surface area contributed by atoms with E-state index in [2.05, 4.69) is 10.4 Å². The van der Waals surface area contributed by atoms with Crippen molar-refractivity contribution in [2.45, 2.75) is 19.4 Å². The minimum Gasteiger partial charge on any atom is -0.369 e. The van der Waals surface area contributed by atoms with Crippen LogP contribution in [0.4, 0.5) is 10.1 Å². The van der Waals surface area contributed by atoms with Gasteiger partial charge in [-0.15, -0.1) is 0 Å². The summed E-state index contributed by atoms with van der Waals surface area (Å²) >= 11 is 0. The van der Waals surface area contributed by atoms with Crippen LogP contribution in [-0.4, -0.2) is 20.2 Å². The summed E-state index contributed by atoms with van der Waals surface area (Å²) in [5.41, 5.74) is 4.31. The van der Waals surface area contributed by atoms with Crippen molar-refractivity contribution in [3.8, 4) is 0 Å². The van der Waals surface area contributed by atoms with Gasteiger partial charge in [0.1, 0.15) is 5.82 Å². The summed E-state index contributed by atoms with van der Waals surface area (Å²) in [6.07, 6.45) is 2.32. The van der Waals surface area contributed by atoms with E-state index in [0.717, 1.165) is 37.2 Å². The summed E-state index contributed by atoms with van der Waals surface area (Å²) in [5, 5.41) is 0. The molecule has 1 aromatic carbocycles. The van der Waals surface area contributed by atoms with Crippen LogP contribution in [0, 0.1) is 5.82 Å². The second-order valence-electron chi connectivity index (χ2n) is 4.01. The largest absolute Gasteiger partial charge is 0.369 e. The summed E-state index contributed by atoms with van der Waals surface area (Å²) in [6.45, 7) is 2.45. The predicted molar refractivity (Wildman–Crippen MR) is 61.7 cm³/mol. The van der Waals surface area contributed by atoms with Gasteiger partial charge in [-0.3, -0.25) is 0 Å². The number of anilines is 1. The Balaban J connectivity index is 2.09. The number of hydroxylamine groups is 1. The van der Waals surface area contributed by atoms with Crippen molar-refractivity contribution in [1.29, 1.82) is 0 Å². The van der Waals surface area contributed by atoms with Crippen molar-refractivity contribution < 1.29 is 9.23 Å². The molecule has 0 unspecified atom stereocenters. The summed E-state index contributed by atoms with van der Waals surface area (Å²) in [5.74, 6) is -0.141. The summed E-state index contributed by atoms with van der Waals surface area (Å²) in [7, 11) is 1.55. The van der Waals surface area contributed by atoms with Gasteiger partial charge in [-0.05, 0) is 30.5 Å². The molecule has 1 saturated heterocycles. The van der Waals surface area contributed by atoms with Crippen LogP contribution in [0.15, 0.2) is 18.2 Å². The molecule has 1 aliphatic rings. The molecular weight excluding hydrogens is 207 g/mol. The Kier molecular flexibility index (Phi) is 3.74. The Morgan fingerprint density at radius 1 is 1.38 bits per heavy atom. The number of benzene rings is 1. The second kappa shape index (κ2) is 5.27. The van der Waals surface area contributed by atoms with Crippen LogP contribution in [0.1, 0.15) is 18.4 Å². The average Bonchev–Trinajstić information content (AvgIpc) is 2.80. The SMILES string of the molecule is CONCc1ccc(N2CCCC2)c(F)c1. The molecule has 0 saturated carbocycles. The standard InChI is InChI=1S/C12H17FN2O/c1-16-14-9-10-4-5-12(11(13)8-10)15-6-2-3-7-15/h4-5,8,14H,2-3,6-7,9H2,1H3. The minimum absolute atomic E-state index is 0.141. The summed E-state index contributed by atoms with van der Waals surface area (Å²) in [6, 6.07) is 5.36. The first-order valence-corrected chi connectivity index (χ1v) is 5.60. The Morgan fingerprint density at radius 2 is 2.12 bits per heavy atom. The second-order valence-corrected chi connectivity index (χ2v) is 4.01. The lowest BCUT2D eigenvalue weighted by Crippen LogP contribution is -2.19. The van der Waals surface area contributed by atoms with E-state index in [1.807, 2.05) is 12.1 Å². The number of hydrogen-bond acceptors (Lipinski definition) is 3. The van der Waals surface area contributed by atoms with Gasteiger partial charge in [-0.1, -0.05) is 6.07 Å². The zero-order valence-corrected chi connectivity index (χ0v) is 9.50. The van der Waals surface area contributed by atoms with Crippen molar-refractivity contribution in [3.05, 3.63) is 29.6 Å². The predicted octanol–water partition coefficient (Wildman–Crippen LogP) is 2.08. The molecule has 1 aromatic rings. The van der Waals surface area contributed by atoms with Gasteiger partial charge in [0.25, 0.3) is 0 Å². The van der Waals surface area contributed by atoms with Crippen LogP contribution in [0.3, 0.4) is 0 Å². The Morgan fingerprint density at radius 3 is 2.75 bits per heavy atom. The maximum Gasteiger partial charge on any atom is 0.146 e. The molecule has 2 rings (SSSR count). The first kappa shape index (κ1) is 11.4. The highest BCUT2D eigenvalue weighted by molar-refractivity contribution is 5.49. The Bertz CT molecular complexity index is 351. The smallest absolute Gasteiger partial charge is 0.146 e. The number of hydrogen-bond donors (Lipinski definition) is 1. The number of nitrogens with zero attached hydrogens (tertiary/aromatic N) is 1. The lowest BCUT2D eigenvalue weighted by Gasteiger charge is -2.18. The minimum atomic E-state index is -0.141. The maximum absolute atomic E-state index is 13.8. The molecule has 0 atom stereocenters. The maximum atomic E-state index is 13.8. The molecule has 0 amide bonds. The van der Waals surface area contributed by atoms with E-state index in [4.69, 9.17) is 4.84 Å². The summed E-state index contributed by atoms with van der Waals surface area (Å²) < 4.78 is 13.8. The zero-order valence-electron chi connectivity index (χ0n) is 9.50. The monoisotopic (exact) mass is 224 g/mol. The van der Waals surface area contributed by atoms with E-state index in [0.29, 0.717) is 6.54 Å². The summed E-state index contributed by atoms with van der Waals surface area (Å²) in [4.78, 5) is 6.83. The highest BCUT2D eigenvalue weighted by Gasteiger charge is 2.15. The van der Waals surface area contributed by atoms with Crippen molar-refractivity contribution in [2.24, 2.45) is 0 Å². The fraction of sp³-hybridized carbons (Fsp3) is 0.500. The number of nitrogens with one attached hydrogen (secondary N) is 1. The van der Waals surface area contributed by atoms with Gasteiger partial charge in [0.15, 0.2) is 0 Å². The van der Waals surface area contributed by atoms with Crippen molar-refractivity contribution >= 4 is 5.69 Å². The van der Waals surface area contributed by atoms with Crippen LogP contribution in [0.5, 0.6) is 0 Å². The molecule has 16 heavy (non-hydrogen) atoms. The van der Waals surface area contributed by atoms with Gasteiger partial charge >= 0.3 is 0 Å². The fourth-order valence-electron chi connectivity index (χ4n) is 2.03. The lowest BCUT2D eigenvalue weighted by atomic mass is 10.2. The van der Waals surface area contributed by atoms with Gasteiger partial charge in [0.2, 0.25) is 0 Å². The molecule has 0 aliphatic carbocycles. The van der Waals surface area contributed by atoms with E-state index >= 15 is 0 Å². The third-order valence-corrected chi connectivity index (χ3v) is 2.88. The molecule has 88 valence electrons. The van der Waals surface area contributed by atoms with E-state index in [-0.39, 0.29) is 5.82 Å². The molecule has 1 heterocycles. The quantitative estimate of drug-likeness (QED) is 0.792. The normalized spacial score (nSPS) is 15.8. The van der Waals surface area contributed by atoms with Crippen LogP contribution in [0.25, 0.3) is 0 Å². The topological polar surface area (TPSA) is 24.5 Å². The number of rotatable bonds is 4. The molecule has 0 bridgehead atoms. The van der Waals surface area contributed by atoms with E-state index in [9.17, 15) is 4.39 Å². The fourth-order valence-corrected chi connectivity index (χ4v) is 2.03. The van der Waals surface area contributed by atoms with Crippen LogP contribution >= 0.6 is 0 Å². The first-order chi connectivity index (χ1) is 7.81. The average molecular weight is 224 g/mol. The Hall–Kier alpha value is -1.13. The molecule has 0 aromatic heterocycles. The molecule has 0 spiro atoms. The van der Waals surface area contributed by atoms with Crippen LogP contribution in [-0.2, 0) is 11.4 Å². The third kappa shape index (κ3) is 2.51. The molecule has 1 aliphatic heterocycles. The van der Waals surface area contributed by atoms with Crippen LogP contribution < -0.4 is 10.4 Å². The Labute approximate surface area is 95.2 Å². The van der Waals surface area contributed by atoms with Crippen molar-refractivity contribution in [1.82, 2.24) is 5.48 Å². The lowest BCUT2D eigenvalue weighted by molar-refractivity contribution is 0.0866. The third-order valence-electron chi connectivity index (χ3n) is 2.88. The molecule has 4 heteroatoms. The van der Waals surface area contributed by atoms with E-state index < -0.39 is 0 Å². The van der Waals surface area contributed by atoms with E-state index in [1.54, 1.807) is 13.2 Å². The van der Waals surface area contributed by atoms with Crippen molar-refractivity contribution in [2.75, 3.05) is 25.1 Å². The molecule has 1 fully saturated rings. The molecular formula is C12H17FN2O.